The second kappa shape index (κ2) is 8.11. The maximum Gasteiger partial charge on any atom is 0.266 e. The molecule has 0 fully saturated rings. The number of halogens is 1. The van der Waals surface area contributed by atoms with E-state index < -0.39 is 5.56 Å². The number of para-hydroxylation sites is 1. The number of hydrogen-bond donors (Lipinski definition) is 1. The Bertz CT molecular complexity index is 1070. The molecule has 0 unspecified atom stereocenters. The van der Waals surface area contributed by atoms with Gasteiger partial charge in [-0.2, -0.15) is 5.26 Å². The van der Waals surface area contributed by atoms with E-state index in [0.717, 1.165) is 10.0 Å². The van der Waals surface area contributed by atoms with Gasteiger partial charge in [0.15, 0.2) is 11.5 Å². The number of aromatic amines is 1. The van der Waals surface area contributed by atoms with Crippen molar-refractivity contribution in [3.63, 3.8) is 0 Å². The minimum atomic E-state index is -0.422. The zero-order valence-corrected chi connectivity index (χ0v) is 16.5. The summed E-state index contributed by atoms with van der Waals surface area (Å²) in [7, 11) is 1.56. The quantitative estimate of drug-likeness (QED) is 0.650. The molecule has 0 aliphatic rings. The van der Waals surface area contributed by atoms with Crippen LogP contribution in [0.3, 0.4) is 0 Å². The molecule has 0 aliphatic heterocycles. The van der Waals surface area contributed by atoms with Gasteiger partial charge in [-0.3, -0.25) is 4.79 Å². The maximum atomic E-state index is 12.2. The smallest absolute Gasteiger partial charge is 0.266 e. The molecule has 2 aromatic carbocycles. The fourth-order valence-corrected chi connectivity index (χ4v) is 3.05. The summed E-state index contributed by atoms with van der Waals surface area (Å²) < 4.78 is 12.5. The number of H-pyrrole nitrogens is 1. The number of aromatic nitrogens is 1. The van der Waals surface area contributed by atoms with Crippen molar-refractivity contribution in [3.05, 3.63) is 80.2 Å². The third-order valence-electron chi connectivity index (χ3n) is 4.07. The molecule has 0 radical (unpaired) electrons. The summed E-state index contributed by atoms with van der Waals surface area (Å²) in [6, 6.07) is 16.9. The Morgan fingerprint density at radius 1 is 1.15 bits per heavy atom. The molecule has 136 valence electrons. The molecule has 0 amide bonds. The van der Waals surface area contributed by atoms with Crippen LogP contribution in [0.25, 0.3) is 11.1 Å². The zero-order valence-electron chi connectivity index (χ0n) is 14.9. The van der Waals surface area contributed by atoms with Gasteiger partial charge in [-0.05, 0) is 36.8 Å². The van der Waals surface area contributed by atoms with Gasteiger partial charge in [0.05, 0.1) is 7.11 Å². The molecule has 0 aliphatic carbocycles. The van der Waals surface area contributed by atoms with Gasteiger partial charge in [-0.15, -0.1) is 0 Å². The molecule has 1 N–H and O–H groups in total. The Morgan fingerprint density at radius 3 is 2.56 bits per heavy atom. The molecule has 0 spiro atoms. The van der Waals surface area contributed by atoms with Crippen molar-refractivity contribution in [2.75, 3.05) is 7.11 Å². The summed E-state index contributed by atoms with van der Waals surface area (Å²) in [5.74, 6) is 1.02. The van der Waals surface area contributed by atoms with Crippen LogP contribution < -0.4 is 15.0 Å². The Kier molecular flexibility index (Phi) is 5.63. The van der Waals surface area contributed by atoms with E-state index in [0.29, 0.717) is 34.9 Å². The lowest BCUT2D eigenvalue weighted by Crippen LogP contribution is -2.13. The van der Waals surface area contributed by atoms with Crippen molar-refractivity contribution in [3.8, 4) is 28.7 Å². The molecule has 27 heavy (non-hydrogen) atoms. The van der Waals surface area contributed by atoms with Crippen molar-refractivity contribution >= 4 is 15.9 Å². The summed E-state index contributed by atoms with van der Waals surface area (Å²) in [6.45, 7) is 2.10. The highest BCUT2D eigenvalue weighted by Gasteiger charge is 2.18. The van der Waals surface area contributed by atoms with E-state index >= 15 is 0 Å². The Morgan fingerprint density at radius 2 is 1.89 bits per heavy atom. The molecule has 0 bridgehead atoms. The van der Waals surface area contributed by atoms with Crippen LogP contribution in [0.4, 0.5) is 0 Å². The van der Waals surface area contributed by atoms with E-state index in [9.17, 15) is 10.1 Å². The highest BCUT2D eigenvalue weighted by molar-refractivity contribution is 9.10. The van der Waals surface area contributed by atoms with E-state index in [2.05, 4.69) is 20.9 Å². The lowest BCUT2D eigenvalue weighted by atomic mass is 9.99. The van der Waals surface area contributed by atoms with Crippen LogP contribution >= 0.6 is 15.9 Å². The number of nitriles is 1. The van der Waals surface area contributed by atoms with Gasteiger partial charge in [0, 0.05) is 21.3 Å². The molecule has 3 rings (SSSR count). The molecule has 1 heterocycles. The Balaban J connectivity index is 2.09. The van der Waals surface area contributed by atoms with Crippen LogP contribution in [0, 0.1) is 18.3 Å². The van der Waals surface area contributed by atoms with Gasteiger partial charge in [-0.1, -0.05) is 40.2 Å². The van der Waals surface area contributed by atoms with Gasteiger partial charge in [0.1, 0.15) is 18.2 Å². The van der Waals surface area contributed by atoms with Gasteiger partial charge in [0.25, 0.3) is 5.56 Å². The van der Waals surface area contributed by atoms with Crippen LogP contribution in [0.15, 0.2) is 57.8 Å². The molecule has 0 atom stereocenters. The first-order chi connectivity index (χ1) is 13.0. The summed E-state index contributed by atoms with van der Waals surface area (Å²) >= 11 is 3.41. The fourth-order valence-electron chi connectivity index (χ4n) is 2.79. The fraction of sp³-hybridized carbons (Fsp3) is 0.143. The van der Waals surface area contributed by atoms with Gasteiger partial charge >= 0.3 is 0 Å². The summed E-state index contributed by atoms with van der Waals surface area (Å²) in [5.41, 5.74) is 2.42. The molecular weight excluding hydrogens is 408 g/mol. The maximum absolute atomic E-state index is 12.2. The van der Waals surface area contributed by atoms with Crippen molar-refractivity contribution < 1.29 is 9.47 Å². The number of aryl methyl sites for hydroxylation is 1. The number of hydrogen-bond acceptors (Lipinski definition) is 4. The van der Waals surface area contributed by atoms with Crippen LogP contribution in [-0.2, 0) is 6.61 Å². The number of nitrogens with one attached hydrogen (secondary N) is 1. The molecule has 1 aromatic heterocycles. The predicted molar refractivity (Wildman–Crippen MR) is 107 cm³/mol. The molecule has 6 heteroatoms. The van der Waals surface area contributed by atoms with Crippen molar-refractivity contribution in [2.45, 2.75) is 13.5 Å². The van der Waals surface area contributed by atoms with Crippen molar-refractivity contribution in [1.29, 1.82) is 5.26 Å². The normalized spacial score (nSPS) is 10.3. The molecule has 0 saturated heterocycles. The highest BCUT2D eigenvalue weighted by Crippen LogP contribution is 2.39. The van der Waals surface area contributed by atoms with E-state index in [-0.39, 0.29) is 5.56 Å². The average molecular weight is 425 g/mol. The number of benzene rings is 2. The third kappa shape index (κ3) is 4.04. The zero-order chi connectivity index (χ0) is 19.4. The van der Waals surface area contributed by atoms with Crippen LogP contribution in [-0.4, -0.2) is 12.1 Å². The first-order valence-electron chi connectivity index (χ1n) is 8.22. The minimum absolute atomic E-state index is 0.0438. The van der Waals surface area contributed by atoms with E-state index in [4.69, 9.17) is 9.47 Å². The first-order valence-corrected chi connectivity index (χ1v) is 9.01. The molecule has 5 nitrogen and oxygen atoms in total. The predicted octanol–water partition coefficient (Wildman–Crippen LogP) is 4.57. The van der Waals surface area contributed by atoms with Gasteiger partial charge in [0.2, 0.25) is 0 Å². The number of ether oxygens (including phenoxy) is 2. The Hall–Kier alpha value is -3.04. The summed E-state index contributed by atoms with van der Waals surface area (Å²) in [4.78, 5) is 14.8. The number of rotatable bonds is 5. The minimum Gasteiger partial charge on any atom is -0.493 e. The molecule has 0 saturated carbocycles. The van der Waals surface area contributed by atoms with Crippen LogP contribution in [0.1, 0.15) is 16.8 Å². The Labute approximate surface area is 165 Å². The standard InChI is InChI=1S/C21H17BrN2O3/c1-13-10-17(18(11-23)21(25)24-13)16-4-3-5-19(26-2)20(16)27-12-14-6-8-15(22)9-7-14/h3-10H,12H2,1-2H3,(H,24,25). The van der Waals surface area contributed by atoms with Gasteiger partial charge in [-0.25, -0.2) is 0 Å². The second-order valence-corrected chi connectivity index (χ2v) is 6.85. The monoisotopic (exact) mass is 424 g/mol. The van der Waals surface area contributed by atoms with Crippen molar-refractivity contribution in [2.24, 2.45) is 0 Å². The van der Waals surface area contributed by atoms with Gasteiger partial charge < -0.3 is 14.5 Å². The van der Waals surface area contributed by atoms with E-state index in [1.54, 1.807) is 32.2 Å². The third-order valence-corrected chi connectivity index (χ3v) is 4.59. The van der Waals surface area contributed by atoms with Crippen molar-refractivity contribution in [1.82, 2.24) is 4.98 Å². The van der Waals surface area contributed by atoms with Crippen LogP contribution in [0.5, 0.6) is 11.5 Å². The lowest BCUT2D eigenvalue weighted by molar-refractivity contribution is 0.286. The summed E-state index contributed by atoms with van der Waals surface area (Å²) in [5, 5.41) is 9.46. The average Bonchev–Trinajstić information content (AvgIpc) is 2.66. The number of nitrogens with zero attached hydrogens (tertiary/aromatic N) is 1. The summed E-state index contributed by atoms with van der Waals surface area (Å²) in [6.07, 6.45) is 0. The largest absolute Gasteiger partial charge is 0.493 e. The first kappa shape index (κ1) is 18.7. The number of methoxy groups -OCH3 is 1. The molecular formula is C21H17BrN2O3. The molecule has 3 aromatic rings. The highest BCUT2D eigenvalue weighted by atomic mass is 79.9. The second-order valence-electron chi connectivity index (χ2n) is 5.93. The topological polar surface area (TPSA) is 75.1 Å². The number of pyridine rings is 1. The van der Waals surface area contributed by atoms with Crippen LogP contribution in [0.2, 0.25) is 0 Å². The SMILES string of the molecule is COc1cccc(-c2cc(C)[nH]c(=O)c2C#N)c1OCc1ccc(Br)cc1. The lowest BCUT2D eigenvalue weighted by Gasteiger charge is -2.16. The van der Waals surface area contributed by atoms with E-state index in [1.165, 1.54) is 0 Å². The van der Waals surface area contributed by atoms with E-state index in [1.807, 2.05) is 36.4 Å².